The molecule has 1 N–H and O–H groups in total. The monoisotopic (exact) mass is 234 g/mol. The topological polar surface area (TPSA) is 24.5 Å². The third-order valence-corrected chi connectivity index (χ3v) is 3.41. The molecule has 0 spiro atoms. The van der Waals surface area contributed by atoms with Gasteiger partial charge in [-0.15, -0.1) is 0 Å². The lowest BCUT2D eigenvalue weighted by Gasteiger charge is -2.28. The second kappa shape index (κ2) is 6.03. The number of hydrogen-bond donors (Lipinski definition) is 1. The van der Waals surface area contributed by atoms with Crippen LogP contribution in [0.4, 0.5) is 0 Å². The maximum absolute atomic E-state index is 5.44. The SMILES string of the molecule is CCc1c(CN2CCNCC2)cccc1OC. The van der Waals surface area contributed by atoms with Gasteiger partial charge in [-0.2, -0.15) is 0 Å². The average Bonchev–Trinajstić information content (AvgIpc) is 2.39. The number of ether oxygens (including phenoxy) is 1. The molecule has 1 heterocycles. The van der Waals surface area contributed by atoms with Gasteiger partial charge in [0.1, 0.15) is 5.75 Å². The van der Waals surface area contributed by atoms with Crippen LogP contribution in [0.1, 0.15) is 18.1 Å². The molecule has 0 saturated carbocycles. The number of nitrogens with one attached hydrogen (secondary N) is 1. The summed E-state index contributed by atoms with van der Waals surface area (Å²) >= 11 is 0. The van der Waals surface area contributed by atoms with E-state index < -0.39 is 0 Å². The summed E-state index contributed by atoms with van der Waals surface area (Å²) in [5, 5.41) is 3.39. The van der Waals surface area contributed by atoms with Gasteiger partial charge in [0.2, 0.25) is 0 Å². The number of benzene rings is 1. The van der Waals surface area contributed by atoms with Crippen molar-refractivity contribution in [3.63, 3.8) is 0 Å². The maximum Gasteiger partial charge on any atom is 0.122 e. The highest BCUT2D eigenvalue weighted by Crippen LogP contribution is 2.24. The summed E-state index contributed by atoms with van der Waals surface area (Å²) in [7, 11) is 1.75. The van der Waals surface area contributed by atoms with Crippen LogP contribution in [0, 0.1) is 0 Å². The van der Waals surface area contributed by atoms with Crippen molar-refractivity contribution in [3.05, 3.63) is 29.3 Å². The molecule has 17 heavy (non-hydrogen) atoms. The second-order valence-corrected chi connectivity index (χ2v) is 4.48. The number of hydrogen-bond acceptors (Lipinski definition) is 3. The van der Waals surface area contributed by atoms with E-state index in [9.17, 15) is 0 Å². The predicted molar refractivity (Wildman–Crippen MR) is 70.5 cm³/mol. The van der Waals surface area contributed by atoms with Crippen molar-refractivity contribution in [1.82, 2.24) is 10.2 Å². The molecule has 1 aromatic rings. The highest BCUT2D eigenvalue weighted by Gasteiger charge is 2.13. The Labute approximate surface area is 104 Å². The first-order valence-electron chi connectivity index (χ1n) is 6.43. The van der Waals surface area contributed by atoms with Gasteiger partial charge in [-0.1, -0.05) is 19.1 Å². The van der Waals surface area contributed by atoms with Crippen LogP contribution < -0.4 is 10.1 Å². The van der Waals surface area contributed by atoms with Crippen LogP contribution >= 0.6 is 0 Å². The Hall–Kier alpha value is -1.06. The Morgan fingerprint density at radius 1 is 1.29 bits per heavy atom. The molecule has 1 aliphatic rings. The molecule has 94 valence electrons. The molecule has 1 aliphatic heterocycles. The third kappa shape index (κ3) is 2.99. The van der Waals surface area contributed by atoms with E-state index in [2.05, 4.69) is 35.3 Å². The van der Waals surface area contributed by atoms with Gasteiger partial charge in [-0.05, 0) is 23.6 Å². The molecule has 0 aliphatic carbocycles. The zero-order chi connectivity index (χ0) is 12.1. The van der Waals surface area contributed by atoms with Gasteiger partial charge in [0, 0.05) is 32.7 Å². The van der Waals surface area contributed by atoms with Crippen molar-refractivity contribution in [3.8, 4) is 5.75 Å². The molecule has 1 aromatic carbocycles. The van der Waals surface area contributed by atoms with Gasteiger partial charge in [0.05, 0.1) is 7.11 Å². The first-order valence-corrected chi connectivity index (χ1v) is 6.43. The van der Waals surface area contributed by atoms with Crippen molar-refractivity contribution in [2.45, 2.75) is 19.9 Å². The molecule has 3 nitrogen and oxygen atoms in total. The number of rotatable bonds is 4. The van der Waals surface area contributed by atoms with E-state index in [0.717, 1.165) is 44.9 Å². The molecular weight excluding hydrogens is 212 g/mol. The summed E-state index contributed by atoms with van der Waals surface area (Å²) in [6, 6.07) is 6.37. The normalized spacial score (nSPS) is 17.1. The lowest BCUT2D eigenvalue weighted by Crippen LogP contribution is -2.43. The Bertz CT molecular complexity index is 359. The summed E-state index contributed by atoms with van der Waals surface area (Å²) in [6.45, 7) is 7.72. The van der Waals surface area contributed by atoms with Crippen LogP contribution in [-0.2, 0) is 13.0 Å². The minimum atomic E-state index is 1.03. The predicted octanol–water partition coefficient (Wildman–Crippen LogP) is 1.66. The van der Waals surface area contributed by atoms with Gasteiger partial charge in [-0.3, -0.25) is 4.90 Å². The van der Waals surface area contributed by atoms with Crippen molar-refractivity contribution in [2.24, 2.45) is 0 Å². The van der Waals surface area contributed by atoms with Crippen molar-refractivity contribution >= 4 is 0 Å². The Balaban J connectivity index is 2.13. The molecule has 1 saturated heterocycles. The molecule has 3 heteroatoms. The standard InChI is InChI=1S/C14H22N2O/c1-3-13-12(5-4-6-14(13)17-2)11-16-9-7-15-8-10-16/h4-6,15H,3,7-11H2,1-2H3. The van der Waals surface area contributed by atoms with Gasteiger partial charge >= 0.3 is 0 Å². The summed E-state index contributed by atoms with van der Waals surface area (Å²) in [6.07, 6.45) is 1.03. The molecule has 1 fully saturated rings. The Morgan fingerprint density at radius 2 is 2.06 bits per heavy atom. The van der Waals surface area contributed by atoms with Gasteiger partial charge in [0.15, 0.2) is 0 Å². The van der Waals surface area contributed by atoms with Gasteiger partial charge < -0.3 is 10.1 Å². The lowest BCUT2D eigenvalue weighted by molar-refractivity contribution is 0.232. The summed E-state index contributed by atoms with van der Waals surface area (Å²) in [5.74, 6) is 1.03. The molecule has 0 bridgehead atoms. The fourth-order valence-electron chi connectivity index (χ4n) is 2.46. The van der Waals surface area contributed by atoms with E-state index in [1.54, 1.807) is 7.11 Å². The zero-order valence-electron chi connectivity index (χ0n) is 10.8. The van der Waals surface area contributed by atoms with Crippen LogP contribution in [-0.4, -0.2) is 38.2 Å². The molecule has 0 amide bonds. The lowest BCUT2D eigenvalue weighted by atomic mass is 10.0. The van der Waals surface area contributed by atoms with E-state index in [1.807, 2.05) is 0 Å². The molecule has 0 unspecified atom stereocenters. The largest absolute Gasteiger partial charge is 0.496 e. The van der Waals surface area contributed by atoms with Crippen LogP contribution in [0.15, 0.2) is 18.2 Å². The van der Waals surface area contributed by atoms with E-state index in [4.69, 9.17) is 4.74 Å². The average molecular weight is 234 g/mol. The molecule has 0 aromatic heterocycles. The smallest absolute Gasteiger partial charge is 0.122 e. The fourth-order valence-corrected chi connectivity index (χ4v) is 2.46. The molecule has 0 radical (unpaired) electrons. The van der Waals surface area contributed by atoms with Gasteiger partial charge in [-0.25, -0.2) is 0 Å². The van der Waals surface area contributed by atoms with E-state index in [0.29, 0.717) is 0 Å². The third-order valence-electron chi connectivity index (χ3n) is 3.41. The van der Waals surface area contributed by atoms with Crippen molar-refractivity contribution in [1.29, 1.82) is 0 Å². The maximum atomic E-state index is 5.44. The minimum Gasteiger partial charge on any atom is -0.496 e. The van der Waals surface area contributed by atoms with E-state index >= 15 is 0 Å². The van der Waals surface area contributed by atoms with Crippen LogP contribution in [0.5, 0.6) is 5.75 Å². The second-order valence-electron chi connectivity index (χ2n) is 4.48. The highest BCUT2D eigenvalue weighted by molar-refractivity contribution is 5.40. The minimum absolute atomic E-state index is 1.03. The Kier molecular flexibility index (Phi) is 4.40. The summed E-state index contributed by atoms with van der Waals surface area (Å²) in [5.41, 5.74) is 2.77. The fraction of sp³-hybridized carbons (Fsp3) is 0.571. The number of piperazine rings is 1. The van der Waals surface area contributed by atoms with Crippen LogP contribution in [0.2, 0.25) is 0 Å². The van der Waals surface area contributed by atoms with E-state index in [1.165, 1.54) is 11.1 Å². The van der Waals surface area contributed by atoms with E-state index in [-0.39, 0.29) is 0 Å². The zero-order valence-corrected chi connectivity index (χ0v) is 10.8. The van der Waals surface area contributed by atoms with Crippen molar-refractivity contribution < 1.29 is 4.74 Å². The number of nitrogens with zero attached hydrogens (tertiary/aromatic N) is 1. The molecular formula is C14H22N2O. The highest BCUT2D eigenvalue weighted by atomic mass is 16.5. The molecule has 0 atom stereocenters. The summed E-state index contributed by atoms with van der Waals surface area (Å²) < 4.78 is 5.44. The number of methoxy groups -OCH3 is 1. The van der Waals surface area contributed by atoms with Crippen molar-refractivity contribution in [2.75, 3.05) is 33.3 Å². The van der Waals surface area contributed by atoms with Gasteiger partial charge in [0.25, 0.3) is 0 Å². The van der Waals surface area contributed by atoms with Crippen LogP contribution in [0.25, 0.3) is 0 Å². The summed E-state index contributed by atoms with van der Waals surface area (Å²) in [4.78, 5) is 2.50. The molecule has 2 rings (SSSR count). The van der Waals surface area contributed by atoms with Crippen LogP contribution in [0.3, 0.4) is 0 Å². The Morgan fingerprint density at radius 3 is 2.71 bits per heavy atom. The first-order chi connectivity index (χ1) is 8.35. The first kappa shape index (κ1) is 12.4. The quantitative estimate of drug-likeness (QED) is 0.857.